The van der Waals surface area contributed by atoms with Crippen molar-refractivity contribution < 1.29 is 23.7 Å². The number of ether oxygens (including phenoxy) is 4. The van der Waals surface area contributed by atoms with E-state index in [0.29, 0.717) is 50.8 Å². The fraction of sp³-hybridized carbons (Fsp3) is 0.231. The maximum absolute atomic E-state index is 12.6. The predicted molar refractivity (Wildman–Crippen MR) is 150 cm³/mol. The average Bonchev–Trinajstić information content (AvgIpc) is 2.87. The van der Waals surface area contributed by atoms with Crippen LogP contribution in [0.5, 0.6) is 23.0 Å². The summed E-state index contributed by atoms with van der Waals surface area (Å²) < 4.78 is 23.2. The first-order valence-corrected chi connectivity index (χ1v) is 12.8. The van der Waals surface area contributed by atoms with Crippen LogP contribution in [0.4, 0.5) is 0 Å². The van der Waals surface area contributed by atoms with Crippen molar-refractivity contribution in [1.82, 2.24) is 5.43 Å². The second-order valence-corrected chi connectivity index (χ2v) is 9.48. The summed E-state index contributed by atoms with van der Waals surface area (Å²) in [7, 11) is 3.08. The lowest BCUT2D eigenvalue weighted by Crippen LogP contribution is -2.17. The fourth-order valence-electron chi connectivity index (χ4n) is 3.11. The zero-order valence-electron chi connectivity index (χ0n) is 19.9. The van der Waals surface area contributed by atoms with Crippen molar-refractivity contribution in [2.75, 3.05) is 20.8 Å². The van der Waals surface area contributed by atoms with E-state index in [0.717, 1.165) is 15.6 Å². The van der Waals surface area contributed by atoms with Crippen LogP contribution in [0.25, 0.3) is 0 Å². The molecule has 0 heterocycles. The normalized spacial score (nSPS) is 10.8. The van der Waals surface area contributed by atoms with Crippen LogP contribution in [-0.4, -0.2) is 32.9 Å². The summed E-state index contributed by atoms with van der Waals surface area (Å²) in [6, 6.07) is 13.8. The van der Waals surface area contributed by atoms with Gasteiger partial charge >= 0.3 is 0 Å². The average molecular weight is 643 g/mol. The number of nitrogens with one attached hydrogen (secondary N) is 1. The Bertz CT molecular complexity index is 1250. The van der Waals surface area contributed by atoms with Crippen molar-refractivity contribution in [2.24, 2.45) is 5.10 Å². The Morgan fingerprint density at radius 3 is 2.47 bits per heavy atom. The molecule has 0 aliphatic heterocycles. The third kappa shape index (κ3) is 7.41. The van der Waals surface area contributed by atoms with Gasteiger partial charge in [-0.15, -0.1) is 0 Å². The van der Waals surface area contributed by atoms with E-state index >= 15 is 0 Å². The highest BCUT2D eigenvalue weighted by atomic mass is 127. The first-order chi connectivity index (χ1) is 17.4. The molecule has 0 bridgehead atoms. The molecule has 0 aromatic heterocycles. The van der Waals surface area contributed by atoms with Gasteiger partial charge in [0.1, 0.15) is 6.61 Å². The Morgan fingerprint density at radius 1 is 1.00 bits per heavy atom. The number of halogens is 3. The molecule has 0 spiro atoms. The number of carbonyl (C=O) groups excluding carboxylic acids is 1. The van der Waals surface area contributed by atoms with E-state index in [1.807, 2.05) is 19.1 Å². The van der Waals surface area contributed by atoms with Gasteiger partial charge in [0.2, 0.25) is 0 Å². The number of hydrazone groups is 1. The second kappa shape index (κ2) is 13.6. The van der Waals surface area contributed by atoms with E-state index in [2.05, 4.69) is 33.1 Å². The van der Waals surface area contributed by atoms with Crippen LogP contribution in [0.3, 0.4) is 0 Å². The molecule has 0 aliphatic rings. The summed E-state index contributed by atoms with van der Waals surface area (Å²) in [5.74, 6) is 1.78. The molecule has 0 unspecified atom stereocenters. The highest BCUT2D eigenvalue weighted by Gasteiger charge is 2.14. The molecule has 36 heavy (non-hydrogen) atoms. The minimum absolute atomic E-state index is 0.248. The van der Waals surface area contributed by atoms with E-state index in [4.69, 9.17) is 42.1 Å². The standard InChI is InChI=1S/C26H25Cl2IN2O5/c1-4-9-35-22-8-6-17(12-23(22)33-2)26(32)31-30-14-16-10-21(29)25(24(11-16)34-3)36-15-18-5-7-19(27)13-20(18)28/h5-8,10-14H,4,9,15H2,1-3H3,(H,31,32)/b30-14+. The lowest BCUT2D eigenvalue weighted by molar-refractivity contribution is 0.0954. The van der Waals surface area contributed by atoms with Gasteiger partial charge in [0.05, 0.1) is 30.6 Å². The van der Waals surface area contributed by atoms with Gasteiger partial charge in [-0.25, -0.2) is 5.43 Å². The number of nitrogens with zero attached hydrogens (tertiary/aromatic N) is 1. The van der Waals surface area contributed by atoms with Crippen molar-refractivity contribution in [3.8, 4) is 23.0 Å². The molecule has 10 heteroatoms. The van der Waals surface area contributed by atoms with Crippen LogP contribution in [-0.2, 0) is 6.61 Å². The van der Waals surface area contributed by atoms with Gasteiger partial charge in [0.25, 0.3) is 5.91 Å². The van der Waals surface area contributed by atoms with Gasteiger partial charge < -0.3 is 18.9 Å². The number of benzene rings is 3. The summed E-state index contributed by atoms with van der Waals surface area (Å²) in [5.41, 5.74) is 4.43. The SMILES string of the molecule is CCCOc1ccc(C(=O)N/N=C/c2cc(I)c(OCc3ccc(Cl)cc3Cl)c(OC)c2)cc1OC. The van der Waals surface area contributed by atoms with E-state index in [9.17, 15) is 4.79 Å². The number of hydrogen-bond donors (Lipinski definition) is 1. The van der Waals surface area contributed by atoms with Crippen LogP contribution in [0.1, 0.15) is 34.8 Å². The zero-order chi connectivity index (χ0) is 26.1. The molecule has 1 N–H and O–H groups in total. The number of carbonyl (C=O) groups is 1. The summed E-state index contributed by atoms with van der Waals surface area (Å²) >= 11 is 14.4. The number of rotatable bonds is 11. The van der Waals surface area contributed by atoms with E-state index in [1.54, 1.807) is 43.5 Å². The lowest BCUT2D eigenvalue weighted by Gasteiger charge is -2.14. The minimum atomic E-state index is -0.381. The van der Waals surface area contributed by atoms with Crippen molar-refractivity contribution in [3.05, 3.63) is 78.8 Å². The Kier molecular flexibility index (Phi) is 10.5. The summed E-state index contributed by atoms with van der Waals surface area (Å²) in [6.45, 7) is 2.83. The topological polar surface area (TPSA) is 78.4 Å². The number of amides is 1. The van der Waals surface area contributed by atoms with Crippen LogP contribution < -0.4 is 24.4 Å². The third-order valence-corrected chi connectivity index (χ3v) is 6.29. The first kappa shape index (κ1) is 27.9. The van der Waals surface area contributed by atoms with Crippen LogP contribution >= 0.6 is 45.8 Å². The monoisotopic (exact) mass is 642 g/mol. The molecule has 3 aromatic carbocycles. The molecule has 190 valence electrons. The van der Waals surface area contributed by atoms with Gasteiger partial charge in [-0.05, 0) is 77.0 Å². The van der Waals surface area contributed by atoms with Crippen molar-refractivity contribution in [2.45, 2.75) is 20.0 Å². The van der Waals surface area contributed by atoms with E-state index < -0.39 is 0 Å². The molecule has 1 amide bonds. The van der Waals surface area contributed by atoms with Gasteiger partial charge in [-0.3, -0.25) is 4.79 Å². The van der Waals surface area contributed by atoms with Crippen LogP contribution in [0, 0.1) is 3.57 Å². The fourth-order valence-corrected chi connectivity index (χ4v) is 4.36. The Labute approximate surface area is 233 Å². The molecule has 0 aliphatic carbocycles. The van der Waals surface area contributed by atoms with E-state index in [1.165, 1.54) is 13.3 Å². The maximum atomic E-state index is 12.6. The maximum Gasteiger partial charge on any atom is 0.271 e. The Morgan fingerprint density at radius 2 is 1.78 bits per heavy atom. The van der Waals surface area contributed by atoms with Crippen molar-refractivity contribution in [3.63, 3.8) is 0 Å². The predicted octanol–water partition coefficient (Wildman–Crippen LogP) is 6.75. The molecule has 3 rings (SSSR count). The van der Waals surface area contributed by atoms with Crippen LogP contribution in [0.2, 0.25) is 10.0 Å². The minimum Gasteiger partial charge on any atom is -0.493 e. The van der Waals surface area contributed by atoms with Gasteiger partial charge in [-0.1, -0.05) is 36.2 Å². The van der Waals surface area contributed by atoms with Gasteiger partial charge in [-0.2, -0.15) is 5.10 Å². The highest BCUT2D eigenvalue weighted by molar-refractivity contribution is 14.1. The second-order valence-electron chi connectivity index (χ2n) is 7.47. The molecule has 0 radical (unpaired) electrons. The summed E-state index contributed by atoms with van der Waals surface area (Å²) in [6.07, 6.45) is 2.39. The Balaban J connectivity index is 1.68. The quantitative estimate of drug-likeness (QED) is 0.142. The molecule has 0 saturated carbocycles. The molecular weight excluding hydrogens is 618 g/mol. The largest absolute Gasteiger partial charge is 0.493 e. The smallest absolute Gasteiger partial charge is 0.271 e. The highest BCUT2D eigenvalue weighted by Crippen LogP contribution is 2.35. The molecular formula is C26H25Cl2IN2O5. The summed E-state index contributed by atoms with van der Waals surface area (Å²) in [5, 5.41) is 5.16. The molecule has 0 saturated heterocycles. The zero-order valence-corrected chi connectivity index (χ0v) is 23.6. The van der Waals surface area contributed by atoms with E-state index in [-0.39, 0.29) is 12.5 Å². The number of hydrogen-bond acceptors (Lipinski definition) is 6. The number of methoxy groups -OCH3 is 2. The van der Waals surface area contributed by atoms with Crippen molar-refractivity contribution in [1.29, 1.82) is 0 Å². The molecule has 3 aromatic rings. The van der Waals surface area contributed by atoms with Gasteiger partial charge in [0.15, 0.2) is 23.0 Å². The Hall–Kier alpha value is -2.69. The van der Waals surface area contributed by atoms with Crippen molar-refractivity contribution >= 4 is 57.9 Å². The third-order valence-electron chi connectivity index (χ3n) is 4.91. The summed E-state index contributed by atoms with van der Waals surface area (Å²) in [4.78, 5) is 12.6. The molecule has 0 atom stereocenters. The lowest BCUT2D eigenvalue weighted by atomic mass is 10.2. The van der Waals surface area contributed by atoms with Crippen LogP contribution in [0.15, 0.2) is 53.6 Å². The molecule has 0 fully saturated rings. The van der Waals surface area contributed by atoms with Gasteiger partial charge in [0, 0.05) is 21.2 Å². The molecule has 7 nitrogen and oxygen atoms in total. The first-order valence-electron chi connectivity index (χ1n) is 10.9.